The fraction of sp³-hybridized carbons (Fsp3) is 0.333. The number of rotatable bonds is 4. The summed E-state index contributed by atoms with van der Waals surface area (Å²) in [5, 5.41) is 11.3. The van der Waals surface area contributed by atoms with Crippen molar-refractivity contribution >= 4 is 5.69 Å². The molecule has 1 saturated heterocycles. The second-order valence-corrected chi connectivity index (χ2v) is 11.0. The predicted octanol–water partition coefficient (Wildman–Crippen LogP) is 5.12. The minimum atomic E-state index is -0.602. The predicted molar refractivity (Wildman–Crippen MR) is 150 cm³/mol. The SMILES string of the molecule is Cc1cc(-c2ccc(-n3ccn(C)c3=O)c(F)c2)c(O)c(-c2ccc(F)c(N3CCN(C(C)(C)C)CC3)c2)n1. The molecule has 7 nitrogen and oxygen atoms in total. The first kappa shape index (κ1) is 26.6. The molecule has 0 atom stereocenters. The van der Waals surface area contributed by atoms with Crippen molar-refractivity contribution in [3.63, 3.8) is 0 Å². The lowest BCUT2D eigenvalue weighted by Crippen LogP contribution is -2.53. The van der Waals surface area contributed by atoms with E-state index in [2.05, 4.69) is 30.7 Å². The molecule has 0 radical (unpaired) electrons. The van der Waals surface area contributed by atoms with Crippen molar-refractivity contribution in [2.24, 2.45) is 7.05 Å². The molecule has 3 heterocycles. The molecule has 4 aromatic rings. The van der Waals surface area contributed by atoms with E-state index in [1.807, 2.05) is 4.90 Å². The number of pyridine rings is 1. The summed E-state index contributed by atoms with van der Waals surface area (Å²) in [6.07, 6.45) is 3.06. The van der Waals surface area contributed by atoms with E-state index in [1.165, 1.54) is 33.5 Å². The van der Waals surface area contributed by atoms with Crippen LogP contribution in [0.2, 0.25) is 0 Å². The molecule has 1 aliphatic heterocycles. The number of piperazine rings is 1. The van der Waals surface area contributed by atoms with Crippen molar-refractivity contribution in [1.82, 2.24) is 19.0 Å². The van der Waals surface area contributed by atoms with Crippen LogP contribution in [0.15, 0.2) is 59.7 Å². The Morgan fingerprint density at radius 3 is 2.18 bits per heavy atom. The van der Waals surface area contributed by atoms with Gasteiger partial charge in [0, 0.05) is 68.0 Å². The van der Waals surface area contributed by atoms with Crippen LogP contribution in [0.3, 0.4) is 0 Å². The van der Waals surface area contributed by atoms with Crippen molar-refractivity contribution in [2.45, 2.75) is 33.2 Å². The van der Waals surface area contributed by atoms with Crippen molar-refractivity contribution < 1.29 is 13.9 Å². The molecule has 204 valence electrons. The summed E-state index contributed by atoms with van der Waals surface area (Å²) in [5.74, 6) is -1.06. The fourth-order valence-electron chi connectivity index (χ4n) is 5.13. The monoisotopic (exact) mass is 533 g/mol. The van der Waals surface area contributed by atoms with Crippen molar-refractivity contribution in [2.75, 3.05) is 31.1 Å². The summed E-state index contributed by atoms with van der Waals surface area (Å²) in [7, 11) is 1.59. The number of anilines is 1. The average molecular weight is 534 g/mol. The van der Waals surface area contributed by atoms with Crippen LogP contribution >= 0.6 is 0 Å². The van der Waals surface area contributed by atoms with Gasteiger partial charge in [-0.25, -0.2) is 18.6 Å². The quantitative estimate of drug-likeness (QED) is 0.395. The maximum atomic E-state index is 15.2. The zero-order valence-corrected chi connectivity index (χ0v) is 22.9. The number of aryl methyl sites for hydroxylation is 2. The fourth-order valence-corrected chi connectivity index (χ4v) is 5.13. The van der Waals surface area contributed by atoms with E-state index in [9.17, 15) is 14.3 Å². The Labute approximate surface area is 226 Å². The molecule has 0 bridgehead atoms. The molecule has 0 saturated carbocycles. The largest absolute Gasteiger partial charge is 0.505 e. The van der Waals surface area contributed by atoms with Gasteiger partial charge in [0.1, 0.15) is 23.1 Å². The highest BCUT2D eigenvalue weighted by Gasteiger charge is 2.27. The standard InChI is InChI=1S/C30H33F2N5O2/c1-19-16-22(20-7-9-25(24(32)17-20)37-15-10-34(5)29(37)39)28(38)27(33-19)21-6-8-23(31)26(18-21)35-11-13-36(14-12-35)30(2,3)4/h6-10,15-18,38H,11-14H2,1-5H3. The minimum Gasteiger partial charge on any atom is -0.505 e. The molecule has 2 aromatic heterocycles. The first-order valence-electron chi connectivity index (χ1n) is 13.0. The third-order valence-corrected chi connectivity index (χ3v) is 7.37. The smallest absolute Gasteiger partial charge is 0.332 e. The van der Waals surface area contributed by atoms with E-state index >= 15 is 4.39 Å². The number of hydrogen-bond donors (Lipinski definition) is 1. The molecule has 2 aromatic carbocycles. The van der Waals surface area contributed by atoms with Crippen molar-refractivity contribution in [3.8, 4) is 33.8 Å². The second kappa shape index (κ2) is 9.96. The van der Waals surface area contributed by atoms with E-state index in [0.717, 1.165) is 13.1 Å². The zero-order chi connectivity index (χ0) is 28.1. The van der Waals surface area contributed by atoms with Gasteiger partial charge in [-0.05, 0) is 69.7 Å². The third-order valence-electron chi connectivity index (χ3n) is 7.37. The van der Waals surface area contributed by atoms with Crippen LogP contribution in [0, 0.1) is 18.6 Å². The van der Waals surface area contributed by atoms with Crippen molar-refractivity contribution in [3.05, 3.63) is 82.7 Å². The Hall–Kier alpha value is -3.98. The number of aromatic hydroxyl groups is 1. The number of benzene rings is 2. The minimum absolute atomic E-state index is 0.0505. The van der Waals surface area contributed by atoms with Gasteiger partial charge in [-0.2, -0.15) is 0 Å². The molecule has 39 heavy (non-hydrogen) atoms. The van der Waals surface area contributed by atoms with Crippen LogP contribution in [0.1, 0.15) is 26.5 Å². The average Bonchev–Trinajstić information content (AvgIpc) is 3.22. The molecule has 9 heteroatoms. The lowest BCUT2D eigenvalue weighted by atomic mass is 9.99. The number of hydrogen-bond acceptors (Lipinski definition) is 5. The lowest BCUT2D eigenvalue weighted by molar-refractivity contribution is 0.128. The maximum Gasteiger partial charge on any atom is 0.332 e. The van der Waals surface area contributed by atoms with E-state index in [1.54, 1.807) is 44.4 Å². The summed E-state index contributed by atoms with van der Waals surface area (Å²) >= 11 is 0. The maximum absolute atomic E-state index is 15.2. The highest BCUT2D eigenvalue weighted by atomic mass is 19.1. The highest BCUT2D eigenvalue weighted by molar-refractivity contribution is 5.81. The Kier molecular flexibility index (Phi) is 6.80. The summed E-state index contributed by atoms with van der Waals surface area (Å²) in [5.41, 5.74) is 2.58. The van der Waals surface area contributed by atoms with E-state index in [4.69, 9.17) is 0 Å². The molecule has 5 rings (SSSR count). The van der Waals surface area contributed by atoms with Crippen molar-refractivity contribution in [1.29, 1.82) is 0 Å². The highest BCUT2D eigenvalue weighted by Crippen LogP contribution is 2.39. The molecule has 0 spiro atoms. The van der Waals surface area contributed by atoms with Gasteiger partial charge in [0.25, 0.3) is 0 Å². The van der Waals surface area contributed by atoms with Crippen LogP contribution in [0.4, 0.5) is 14.5 Å². The van der Waals surface area contributed by atoms with Crippen LogP contribution in [-0.4, -0.2) is 55.8 Å². The number of halogens is 2. The van der Waals surface area contributed by atoms with Crippen LogP contribution < -0.4 is 10.6 Å². The Morgan fingerprint density at radius 2 is 1.56 bits per heavy atom. The third kappa shape index (κ3) is 5.06. The summed E-state index contributed by atoms with van der Waals surface area (Å²) < 4.78 is 32.7. The van der Waals surface area contributed by atoms with E-state index < -0.39 is 5.82 Å². The van der Waals surface area contributed by atoms with Gasteiger partial charge in [-0.15, -0.1) is 0 Å². The normalized spacial score (nSPS) is 14.7. The van der Waals surface area contributed by atoms with Crippen LogP contribution in [0.5, 0.6) is 5.75 Å². The van der Waals surface area contributed by atoms with E-state index in [-0.39, 0.29) is 28.5 Å². The second-order valence-electron chi connectivity index (χ2n) is 11.0. The molecule has 1 fully saturated rings. The zero-order valence-electron chi connectivity index (χ0n) is 22.9. The van der Waals surface area contributed by atoms with Crippen LogP contribution in [-0.2, 0) is 7.05 Å². The molecule has 0 aliphatic carbocycles. The molecule has 1 N–H and O–H groups in total. The lowest BCUT2D eigenvalue weighted by Gasteiger charge is -2.43. The van der Waals surface area contributed by atoms with Gasteiger partial charge in [-0.1, -0.05) is 6.07 Å². The van der Waals surface area contributed by atoms with Gasteiger partial charge >= 0.3 is 5.69 Å². The number of aromatic nitrogens is 3. The molecule has 0 unspecified atom stereocenters. The van der Waals surface area contributed by atoms with Gasteiger partial charge in [0.15, 0.2) is 0 Å². The Balaban J connectivity index is 1.50. The summed E-state index contributed by atoms with van der Waals surface area (Å²) in [6.45, 7) is 11.3. The first-order valence-corrected chi connectivity index (χ1v) is 13.0. The first-order chi connectivity index (χ1) is 18.4. The Bertz CT molecular complexity index is 1590. The van der Waals surface area contributed by atoms with E-state index in [0.29, 0.717) is 46.9 Å². The topological polar surface area (TPSA) is 66.5 Å². The van der Waals surface area contributed by atoms with Gasteiger partial charge in [0.2, 0.25) is 0 Å². The molecular weight excluding hydrogens is 500 g/mol. The van der Waals surface area contributed by atoms with Crippen LogP contribution in [0.25, 0.3) is 28.1 Å². The van der Waals surface area contributed by atoms with Gasteiger partial charge < -0.3 is 14.6 Å². The van der Waals surface area contributed by atoms with Gasteiger partial charge in [-0.3, -0.25) is 9.47 Å². The summed E-state index contributed by atoms with van der Waals surface area (Å²) in [6, 6.07) is 10.8. The number of imidazole rings is 1. The molecule has 0 amide bonds. The van der Waals surface area contributed by atoms with Gasteiger partial charge in [0.05, 0.1) is 11.4 Å². The molecule has 1 aliphatic rings. The molecular formula is C30H33F2N5O2. The number of nitrogens with zero attached hydrogens (tertiary/aromatic N) is 5. The Morgan fingerprint density at radius 1 is 0.872 bits per heavy atom. The summed E-state index contributed by atoms with van der Waals surface area (Å²) in [4.78, 5) is 21.2.